The predicted molar refractivity (Wildman–Crippen MR) is 47.7 cm³/mol. The fraction of sp³-hybridized carbons (Fsp3) is 0.375. The average molecular weight is 178 g/mol. The largest absolute Gasteiger partial charge is 0.348 e. The monoisotopic (exact) mass is 178 g/mol. The lowest BCUT2D eigenvalue weighted by Gasteiger charge is -2.01. The first-order valence-corrected chi connectivity index (χ1v) is 4.15. The standard InChI is InChI=1S/C8H10N4O/c1-3-6-5(2)9-4-12-7(6)10-11-8(12)13/h4H,3H2,1-2H3,(H,11,13). The first-order chi connectivity index (χ1) is 6.24. The molecule has 5 heteroatoms. The summed E-state index contributed by atoms with van der Waals surface area (Å²) in [6, 6.07) is 0. The lowest BCUT2D eigenvalue weighted by atomic mass is 10.2. The minimum Gasteiger partial charge on any atom is -0.246 e. The summed E-state index contributed by atoms with van der Waals surface area (Å²) in [5.74, 6) is 0. The Kier molecular flexibility index (Phi) is 1.65. The summed E-state index contributed by atoms with van der Waals surface area (Å²) in [6.07, 6.45) is 2.32. The molecule has 2 heterocycles. The van der Waals surface area contributed by atoms with Gasteiger partial charge in [0, 0.05) is 11.3 Å². The minimum atomic E-state index is -0.239. The Labute approximate surface area is 74.4 Å². The highest BCUT2D eigenvalue weighted by molar-refractivity contribution is 5.47. The second kappa shape index (κ2) is 2.69. The molecule has 0 amide bonds. The van der Waals surface area contributed by atoms with Crippen molar-refractivity contribution in [2.75, 3.05) is 0 Å². The fourth-order valence-corrected chi connectivity index (χ4v) is 1.42. The van der Waals surface area contributed by atoms with Crippen LogP contribution in [0.15, 0.2) is 11.1 Å². The van der Waals surface area contributed by atoms with Gasteiger partial charge in [0.25, 0.3) is 0 Å². The van der Waals surface area contributed by atoms with E-state index in [9.17, 15) is 4.79 Å². The van der Waals surface area contributed by atoms with Gasteiger partial charge in [-0.1, -0.05) is 6.92 Å². The number of hydrogen-bond acceptors (Lipinski definition) is 3. The second-order valence-electron chi connectivity index (χ2n) is 2.88. The van der Waals surface area contributed by atoms with Gasteiger partial charge in [0.15, 0.2) is 5.65 Å². The van der Waals surface area contributed by atoms with Crippen molar-refractivity contribution in [1.82, 2.24) is 19.6 Å². The molecule has 0 spiro atoms. The quantitative estimate of drug-likeness (QED) is 0.682. The van der Waals surface area contributed by atoms with Crippen LogP contribution >= 0.6 is 0 Å². The average Bonchev–Trinajstić information content (AvgIpc) is 2.48. The van der Waals surface area contributed by atoms with Gasteiger partial charge in [0.05, 0.1) is 0 Å². The fourth-order valence-electron chi connectivity index (χ4n) is 1.42. The van der Waals surface area contributed by atoms with Crippen molar-refractivity contribution in [3.8, 4) is 0 Å². The van der Waals surface area contributed by atoms with Gasteiger partial charge in [-0.25, -0.2) is 19.3 Å². The van der Waals surface area contributed by atoms with Crippen LogP contribution in [0.25, 0.3) is 5.65 Å². The van der Waals surface area contributed by atoms with E-state index in [1.807, 2.05) is 13.8 Å². The van der Waals surface area contributed by atoms with Crippen LogP contribution in [0.5, 0.6) is 0 Å². The number of rotatable bonds is 1. The summed E-state index contributed by atoms with van der Waals surface area (Å²) in [5.41, 5.74) is 2.38. The molecule has 5 nitrogen and oxygen atoms in total. The minimum absolute atomic E-state index is 0.239. The molecule has 0 saturated heterocycles. The molecule has 0 fully saturated rings. The third kappa shape index (κ3) is 1.04. The van der Waals surface area contributed by atoms with Crippen LogP contribution in [-0.4, -0.2) is 19.6 Å². The third-order valence-electron chi connectivity index (χ3n) is 2.13. The number of fused-ring (bicyclic) bond motifs is 1. The van der Waals surface area contributed by atoms with Crippen LogP contribution in [0.2, 0.25) is 0 Å². The van der Waals surface area contributed by atoms with Gasteiger partial charge in [-0.15, -0.1) is 0 Å². The normalized spacial score (nSPS) is 10.9. The number of aromatic amines is 1. The van der Waals surface area contributed by atoms with Crippen LogP contribution in [0.1, 0.15) is 18.2 Å². The van der Waals surface area contributed by atoms with E-state index in [1.54, 1.807) is 0 Å². The van der Waals surface area contributed by atoms with E-state index in [2.05, 4.69) is 15.2 Å². The lowest BCUT2D eigenvalue weighted by molar-refractivity contribution is 0.953. The van der Waals surface area contributed by atoms with E-state index in [4.69, 9.17) is 0 Å². The van der Waals surface area contributed by atoms with Crippen molar-refractivity contribution in [3.05, 3.63) is 28.1 Å². The molecule has 1 N–H and O–H groups in total. The van der Waals surface area contributed by atoms with Gasteiger partial charge in [0.1, 0.15) is 6.33 Å². The maximum absolute atomic E-state index is 11.2. The number of aromatic nitrogens is 4. The number of nitrogens with one attached hydrogen (secondary N) is 1. The van der Waals surface area contributed by atoms with Crippen molar-refractivity contribution in [3.63, 3.8) is 0 Å². The molecule has 2 aromatic heterocycles. The molecule has 0 bridgehead atoms. The number of hydrogen-bond donors (Lipinski definition) is 1. The van der Waals surface area contributed by atoms with Crippen LogP contribution in [0, 0.1) is 6.92 Å². The first-order valence-electron chi connectivity index (χ1n) is 4.15. The third-order valence-corrected chi connectivity index (χ3v) is 2.13. The smallest absolute Gasteiger partial charge is 0.246 e. The van der Waals surface area contributed by atoms with E-state index in [0.29, 0.717) is 5.65 Å². The molecule has 68 valence electrons. The highest BCUT2D eigenvalue weighted by Crippen LogP contribution is 2.09. The SMILES string of the molecule is CCc1c(C)ncn2c(=O)[nH]nc12. The Morgan fingerprint density at radius 2 is 2.38 bits per heavy atom. The van der Waals surface area contributed by atoms with Crippen molar-refractivity contribution in [2.45, 2.75) is 20.3 Å². The Bertz CT molecular complexity index is 496. The molecule has 13 heavy (non-hydrogen) atoms. The first kappa shape index (κ1) is 7.97. The summed E-state index contributed by atoms with van der Waals surface area (Å²) in [6.45, 7) is 3.93. The molecule has 0 saturated carbocycles. The Morgan fingerprint density at radius 3 is 3.08 bits per heavy atom. The predicted octanol–water partition coefficient (Wildman–Crippen LogP) is 0.288. The van der Waals surface area contributed by atoms with E-state index in [-0.39, 0.29) is 5.69 Å². The molecule has 2 rings (SSSR count). The zero-order valence-corrected chi connectivity index (χ0v) is 7.53. The van der Waals surface area contributed by atoms with Gasteiger partial charge < -0.3 is 0 Å². The number of nitrogens with zero attached hydrogens (tertiary/aromatic N) is 3. The van der Waals surface area contributed by atoms with E-state index >= 15 is 0 Å². The molecule has 0 aliphatic heterocycles. The summed E-state index contributed by atoms with van der Waals surface area (Å²) >= 11 is 0. The summed E-state index contributed by atoms with van der Waals surface area (Å²) in [7, 11) is 0. The molecule has 0 aliphatic carbocycles. The Morgan fingerprint density at radius 1 is 1.62 bits per heavy atom. The zero-order valence-electron chi connectivity index (χ0n) is 7.53. The molecular weight excluding hydrogens is 168 g/mol. The molecular formula is C8H10N4O. The van der Waals surface area contributed by atoms with Crippen LogP contribution < -0.4 is 5.69 Å². The van der Waals surface area contributed by atoms with Crippen molar-refractivity contribution in [1.29, 1.82) is 0 Å². The van der Waals surface area contributed by atoms with Gasteiger partial charge >= 0.3 is 5.69 Å². The number of H-pyrrole nitrogens is 1. The van der Waals surface area contributed by atoms with Crippen molar-refractivity contribution < 1.29 is 0 Å². The molecule has 0 aliphatic rings. The van der Waals surface area contributed by atoms with Crippen LogP contribution in [-0.2, 0) is 6.42 Å². The molecule has 0 aromatic carbocycles. The van der Waals surface area contributed by atoms with Gasteiger partial charge in [-0.3, -0.25) is 0 Å². The van der Waals surface area contributed by atoms with Crippen molar-refractivity contribution >= 4 is 5.65 Å². The maximum atomic E-state index is 11.2. The highest BCUT2D eigenvalue weighted by Gasteiger charge is 2.07. The van der Waals surface area contributed by atoms with E-state index in [1.165, 1.54) is 10.7 Å². The summed E-state index contributed by atoms with van der Waals surface area (Å²) in [5, 5.41) is 6.33. The lowest BCUT2D eigenvalue weighted by Crippen LogP contribution is -2.10. The zero-order chi connectivity index (χ0) is 9.42. The van der Waals surface area contributed by atoms with Crippen LogP contribution in [0.3, 0.4) is 0 Å². The Hall–Kier alpha value is -1.65. The van der Waals surface area contributed by atoms with E-state index in [0.717, 1.165) is 17.7 Å². The van der Waals surface area contributed by atoms with Crippen molar-refractivity contribution in [2.24, 2.45) is 0 Å². The van der Waals surface area contributed by atoms with Gasteiger partial charge in [-0.05, 0) is 13.3 Å². The summed E-state index contributed by atoms with van der Waals surface area (Å²) < 4.78 is 1.42. The van der Waals surface area contributed by atoms with Gasteiger partial charge in [-0.2, -0.15) is 5.10 Å². The summed E-state index contributed by atoms with van der Waals surface area (Å²) in [4.78, 5) is 15.3. The second-order valence-corrected chi connectivity index (χ2v) is 2.88. The highest BCUT2D eigenvalue weighted by atomic mass is 16.1. The molecule has 0 radical (unpaired) electrons. The maximum Gasteiger partial charge on any atom is 0.348 e. The Balaban J connectivity index is 2.93. The van der Waals surface area contributed by atoms with Crippen LogP contribution in [0.4, 0.5) is 0 Å². The topological polar surface area (TPSA) is 63.1 Å². The number of aryl methyl sites for hydroxylation is 2. The van der Waals surface area contributed by atoms with E-state index < -0.39 is 0 Å². The molecule has 0 unspecified atom stereocenters. The van der Waals surface area contributed by atoms with Gasteiger partial charge in [0.2, 0.25) is 0 Å². The molecule has 2 aromatic rings. The molecule has 0 atom stereocenters.